The van der Waals surface area contributed by atoms with Crippen LogP contribution in [-0.2, 0) is 11.3 Å². The number of nitrogens with zero attached hydrogens (tertiary/aromatic N) is 1. The smallest absolute Gasteiger partial charge is 0.120 e. The molecule has 0 bridgehead atoms. The summed E-state index contributed by atoms with van der Waals surface area (Å²) in [6.07, 6.45) is -0.657. The van der Waals surface area contributed by atoms with Gasteiger partial charge in [0.25, 0.3) is 0 Å². The molecule has 1 N–H and O–H groups in total. The first-order chi connectivity index (χ1) is 8.16. The average molecular weight is 315 g/mol. The van der Waals surface area contributed by atoms with Crippen molar-refractivity contribution in [3.8, 4) is 0 Å². The van der Waals surface area contributed by atoms with E-state index < -0.39 is 6.10 Å². The Morgan fingerprint density at radius 3 is 3.12 bits per heavy atom. The lowest BCUT2D eigenvalue weighted by Gasteiger charge is -2.22. The molecule has 0 aliphatic carbocycles. The first-order valence-electron chi connectivity index (χ1n) is 5.20. The molecule has 0 amide bonds. The SMILES string of the molecule is OC1COCc2c1nc1ccc(Cl)cc1c2Br. The monoisotopic (exact) mass is 313 g/mol. The van der Waals surface area contributed by atoms with E-state index in [4.69, 9.17) is 16.3 Å². The maximum atomic E-state index is 9.87. The lowest BCUT2D eigenvalue weighted by Crippen LogP contribution is -2.18. The molecule has 2 aromatic rings. The highest BCUT2D eigenvalue weighted by Crippen LogP contribution is 2.35. The molecule has 0 spiro atoms. The van der Waals surface area contributed by atoms with Crippen LogP contribution in [0.5, 0.6) is 0 Å². The Morgan fingerprint density at radius 2 is 2.29 bits per heavy atom. The average Bonchev–Trinajstić information content (AvgIpc) is 2.32. The Labute approximate surface area is 112 Å². The van der Waals surface area contributed by atoms with Crippen LogP contribution in [-0.4, -0.2) is 16.7 Å². The van der Waals surface area contributed by atoms with E-state index in [9.17, 15) is 5.11 Å². The molecule has 17 heavy (non-hydrogen) atoms. The van der Waals surface area contributed by atoms with Crippen molar-refractivity contribution in [2.45, 2.75) is 12.7 Å². The Bertz CT molecular complexity index is 603. The summed E-state index contributed by atoms with van der Waals surface area (Å²) in [5.41, 5.74) is 2.41. The number of halogens is 2. The van der Waals surface area contributed by atoms with Gasteiger partial charge >= 0.3 is 0 Å². The molecule has 5 heteroatoms. The third-order valence-corrected chi connectivity index (χ3v) is 3.99. The van der Waals surface area contributed by atoms with Crippen LogP contribution in [0.2, 0.25) is 5.02 Å². The number of rotatable bonds is 0. The van der Waals surface area contributed by atoms with Gasteiger partial charge in [-0.25, -0.2) is 4.98 Å². The van der Waals surface area contributed by atoms with Gasteiger partial charge < -0.3 is 9.84 Å². The second-order valence-electron chi connectivity index (χ2n) is 3.98. The number of benzene rings is 1. The highest BCUT2D eigenvalue weighted by Gasteiger charge is 2.23. The number of ether oxygens (including phenoxy) is 1. The molecule has 3 nitrogen and oxygen atoms in total. The summed E-state index contributed by atoms with van der Waals surface area (Å²) in [7, 11) is 0. The molecule has 3 rings (SSSR count). The number of aliphatic hydroxyl groups excluding tert-OH is 1. The van der Waals surface area contributed by atoms with Gasteiger partial charge in [0, 0.05) is 20.4 Å². The summed E-state index contributed by atoms with van der Waals surface area (Å²) in [4.78, 5) is 4.48. The van der Waals surface area contributed by atoms with E-state index in [0.717, 1.165) is 20.9 Å². The van der Waals surface area contributed by atoms with E-state index in [-0.39, 0.29) is 0 Å². The van der Waals surface area contributed by atoms with E-state index in [1.807, 2.05) is 12.1 Å². The first kappa shape index (κ1) is 11.4. The van der Waals surface area contributed by atoms with Gasteiger partial charge in [0.15, 0.2) is 0 Å². The summed E-state index contributed by atoms with van der Waals surface area (Å²) >= 11 is 9.51. The van der Waals surface area contributed by atoms with Gasteiger partial charge in [0.05, 0.1) is 24.4 Å². The zero-order valence-electron chi connectivity index (χ0n) is 8.78. The van der Waals surface area contributed by atoms with Crippen LogP contribution < -0.4 is 0 Å². The van der Waals surface area contributed by atoms with Crippen molar-refractivity contribution < 1.29 is 9.84 Å². The molecule has 1 aliphatic rings. The summed E-state index contributed by atoms with van der Waals surface area (Å²) in [6, 6.07) is 5.50. The van der Waals surface area contributed by atoms with Crippen molar-refractivity contribution in [2.75, 3.05) is 6.61 Å². The zero-order chi connectivity index (χ0) is 12.0. The summed E-state index contributed by atoms with van der Waals surface area (Å²) in [6.45, 7) is 0.758. The van der Waals surface area contributed by atoms with Gasteiger partial charge in [-0.05, 0) is 34.1 Å². The second-order valence-corrected chi connectivity index (χ2v) is 5.21. The van der Waals surface area contributed by atoms with Gasteiger partial charge in [-0.1, -0.05) is 11.6 Å². The van der Waals surface area contributed by atoms with Crippen LogP contribution in [0.4, 0.5) is 0 Å². The topological polar surface area (TPSA) is 42.4 Å². The molecule has 0 saturated carbocycles. The summed E-state index contributed by atoms with van der Waals surface area (Å²) in [5.74, 6) is 0. The minimum atomic E-state index is -0.657. The molecule has 2 heterocycles. The maximum absolute atomic E-state index is 9.87. The van der Waals surface area contributed by atoms with Crippen LogP contribution in [0, 0.1) is 0 Å². The standard InChI is InChI=1S/C12H9BrClNO2/c13-11-7-3-6(14)1-2-9(7)15-12-8(11)4-17-5-10(12)16/h1-3,10,16H,4-5H2. The van der Waals surface area contributed by atoms with Crippen molar-refractivity contribution in [3.05, 3.63) is 39.0 Å². The molecule has 0 fully saturated rings. The number of hydrogen-bond donors (Lipinski definition) is 1. The molecule has 1 aromatic carbocycles. The fourth-order valence-corrected chi connectivity index (χ4v) is 2.83. The number of fused-ring (bicyclic) bond motifs is 2. The van der Waals surface area contributed by atoms with Crippen molar-refractivity contribution >= 4 is 38.4 Å². The fourth-order valence-electron chi connectivity index (χ4n) is 2.02. The number of pyridine rings is 1. The summed E-state index contributed by atoms with van der Waals surface area (Å²) in [5, 5.41) is 11.5. The van der Waals surface area contributed by atoms with Crippen molar-refractivity contribution in [3.63, 3.8) is 0 Å². The van der Waals surface area contributed by atoms with E-state index >= 15 is 0 Å². The Hall–Kier alpha value is -0.680. The van der Waals surface area contributed by atoms with Gasteiger partial charge in [-0.15, -0.1) is 0 Å². The van der Waals surface area contributed by atoms with E-state index in [1.54, 1.807) is 6.07 Å². The molecule has 1 aromatic heterocycles. The molecule has 1 unspecified atom stereocenters. The Balaban J connectivity index is 2.35. The number of aliphatic hydroxyl groups is 1. The largest absolute Gasteiger partial charge is 0.384 e. The van der Waals surface area contributed by atoms with Crippen LogP contribution in [0.25, 0.3) is 10.9 Å². The Morgan fingerprint density at radius 1 is 1.47 bits per heavy atom. The van der Waals surface area contributed by atoms with Crippen LogP contribution >= 0.6 is 27.5 Å². The molecular formula is C12H9BrClNO2. The predicted octanol–water partition coefficient (Wildman–Crippen LogP) is 3.21. The molecule has 88 valence electrons. The lowest BCUT2D eigenvalue weighted by atomic mass is 10.0. The van der Waals surface area contributed by atoms with Gasteiger partial charge in [0.1, 0.15) is 6.10 Å². The molecular weight excluding hydrogens is 305 g/mol. The van der Waals surface area contributed by atoms with Crippen LogP contribution in [0.15, 0.2) is 22.7 Å². The quantitative estimate of drug-likeness (QED) is 0.812. The minimum absolute atomic E-state index is 0.297. The number of aromatic nitrogens is 1. The van der Waals surface area contributed by atoms with Gasteiger partial charge in [-0.3, -0.25) is 0 Å². The van der Waals surface area contributed by atoms with Crippen molar-refractivity contribution in [1.29, 1.82) is 0 Å². The molecule has 0 saturated heterocycles. The van der Waals surface area contributed by atoms with Crippen LogP contribution in [0.3, 0.4) is 0 Å². The van der Waals surface area contributed by atoms with Gasteiger partial charge in [-0.2, -0.15) is 0 Å². The predicted molar refractivity (Wildman–Crippen MR) is 69.1 cm³/mol. The fraction of sp³-hybridized carbons (Fsp3) is 0.250. The van der Waals surface area contributed by atoms with Crippen molar-refractivity contribution in [2.24, 2.45) is 0 Å². The minimum Gasteiger partial charge on any atom is -0.384 e. The summed E-state index contributed by atoms with van der Waals surface area (Å²) < 4.78 is 6.22. The second kappa shape index (κ2) is 4.21. The molecule has 1 aliphatic heterocycles. The number of hydrogen-bond acceptors (Lipinski definition) is 3. The van der Waals surface area contributed by atoms with Crippen molar-refractivity contribution in [1.82, 2.24) is 4.98 Å². The molecule has 0 radical (unpaired) electrons. The van der Waals surface area contributed by atoms with E-state index in [0.29, 0.717) is 23.9 Å². The zero-order valence-corrected chi connectivity index (χ0v) is 11.1. The maximum Gasteiger partial charge on any atom is 0.120 e. The van der Waals surface area contributed by atoms with Crippen LogP contribution in [0.1, 0.15) is 17.4 Å². The van der Waals surface area contributed by atoms with E-state index in [2.05, 4.69) is 20.9 Å². The third-order valence-electron chi connectivity index (χ3n) is 2.85. The Kier molecular flexibility index (Phi) is 2.83. The van der Waals surface area contributed by atoms with Gasteiger partial charge in [0.2, 0.25) is 0 Å². The lowest BCUT2D eigenvalue weighted by molar-refractivity contribution is 0.00690. The molecule has 1 atom stereocenters. The third kappa shape index (κ3) is 1.85. The first-order valence-corrected chi connectivity index (χ1v) is 6.37. The highest BCUT2D eigenvalue weighted by atomic mass is 79.9. The normalized spacial score (nSPS) is 19.4. The van der Waals surface area contributed by atoms with E-state index in [1.165, 1.54) is 0 Å². The highest BCUT2D eigenvalue weighted by molar-refractivity contribution is 9.10.